The minimum absolute atomic E-state index is 0.631. The van der Waals surface area contributed by atoms with E-state index in [-0.39, 0.29) is 0 Å². The van der Waals surface area contributed by atoms with Crippen LogP contribution in [0.3, 0.4) is 0 Å². The van der Waals surface area contributed by atoms with E-state index in [2.05, 4.69) is 39.1 Å². The van der Waals surface area contributed by atoms with Crippen molar-refractivity contribution in [3.05, 3.63) is 28.2 Å². The first-order chi connectivity index (χ1) is 9.22. The summed E-state index contributed by atoms with van der Waals surface area (Å²) in [5, 5.41) is 3.66. The monoisotopic (exact) mass is 326 g/mol. The Kier molecular flexibility index (Phi) is 5.67. The van der Waals surface area contributed by atoms with Gasteiger partial charge in [-0.3, -0.25) is 0 Å². The molecule has 106 valence electrons. The second kappa shape index (κ2) is 7.27. The van der Waals surface area contributed by atoms with Crippen molar-refractivity contribution < 1.29 is 4.74 Å². The number of benzene rings is 1. The number of piperidine rings is 1. The van der Waals surface area contributed by atoms with Crippen LogP contribution in [0.1, 0.15) is 25.3 Å². The van der Waals surface area contributed by atoms with Crippen molar-refractivity contribution in [2.45, 2.75) is 32.4 Å². The van der Waals surface area contributed by atoms with Crippen LogP contribution in [-0.2, 0) is 6.54 Å². The molecule has 1 aliphatic rings. The van der Waals surface area contributed by atoms with Gasteiger partial charge in [0.25, 0.3) is 0 Å². The van der Waals surface area contributed by atoms with Gasteiger partial charge in [0.2, 0.25) is 0 Å². The fraction of sp³-hybridized carbons (Fsp3) is 0.600. The summed E-state index contributed by atoms with van der Waals surface area (Å²) in [5.41, 5.74) is 1.22. The van der Waals surface area contributed by atoms with Crippen molar-refractivity contribution >= 4 is 15.9 Å². The first kappa shape index (κ1) is 14.8. The van der Waals surface area contributed by atoms with E-state index in [0.717, 1.165) is 16.8 Å². The van der Waals surface area contributed by atoms with Crippen molar-refractivity contribution in [2.24, 2.45) is 0 Å². The first-order valence-electron chi connectivity index (χ1n) is 7.01. The Morgan fingerprint density at radius 3 is 2.74 bits per heavy atom. The molecular formula is C15H23BrN2O. The van der Waals surface area contributed by atoms with Gasteiger partial charge in [-0.15, -0.1) is 0 Å². The van der Waals surface area contributed by atoms with E-state index in [0.29, 0.717) is 6.04 Å². The third-order valence-corrected chi connectivity index (χ3v) is 4.35. The zero-order valence-electron chi connectivity index (χ0n) is 11.8. The summed E-state index contributed by atoms with van der Waals surface area (Å²) in [7, 11) is 1.73. The molecule has 1 aromatic rings. The van der Waals surface area contributed by atoms with Gasteiger partial charge in [0.05, 0.1) is 7.11 Å². The van der Waals surface area contributed by atoms with Gasteiger partial charge in [0.1, 0.15) is 5.75 Å². The van der Waals surface area contributed by atoms with Crippen LogP contribution in [-0.4, -0.2) is 37.7 Å². The smallest absolute Gasteiger partial charge is 0.123 e. The number of rotatable bonds is 5. The molecule has 0 bridgehead atoms. The molecule has 0 spiro atoms. The molecule has 1 aliphatic heterocycles. The largest absolute Gasteiger partial charge is 0.496 e. The van der Waals surface area contributed by atoms with Gasteiger partial charge in [-0.1, -0.05) is 22.9 Å². The summed E-state index contributed by atoms with van der Waals surface area (Å²) >= 11 is 3.52. The molecule has 0 radical (unpaired) electrons. The van der Waals surface area contributed by atoms with E-state index in [1.165, 1.54) is 38.0 Å². The Morgan fingerprint density at radius 2 is 2.11 bits per heavy atom. The topological polar surface area (TPSA) is 24.5 Å². The SMILES string of the molecule is CCN1CCC(NCc2cc(Br)ccc2OC)CC1. The Hall–Kier alpha value is -0.580. The molecule has 4 heteroatoms. The average molecular weight is 327 g/mol. The molecule has 0 aliphatic carbocycles. The number of nitrogens with one attached hydrogen (secondary N) is 1. The molecule has 2 rings (SSSR count). The van der Waals surface area contributed by atoms with E-state index < -0.39 is 0 Å². The zero-order valence-corrected chi connectivity index (χ0v) is 13.4. The van der Waals surface area contributed by atoms with Crippen LogP contribution in [0.2, 0.25) is 0 Å². The summed E-state index contributed by atoms with van der Waals surface area (Å²) < 4.78 is 6.51. The fourth-order valence-corrected chi connectivity index (χ4v) is 3.00. The Morgan fingerprint density at radius 1 is 1.37 bits per heavy atom. The van der Waals surface area contributed by atoms with Crippen molar-refractivity contribution in [3.8, 4) is 5.75 Å². The molecule has 0 aromatic heterocycles. The van der Waals surface area contributed by atoms with Gasteiger partial charge in [-0.2, -0.15) is 0 Å². The summed E-state index contributed by atoms with van der Waals surface area (Å²) in [6, 6.07) is 6.79. The lowest BCUT2D eigenvalue weighted by Crippen LogP contribution is -2.42. The van der Waals surface area contributed by atoms with E-state index >= 15 is 0 Å². The molecule has 0 unspecified atom stereocenters. The summed E-state index contributed by atoms with van der Waals surface area (Å²) in [5.74, 6) is 0.960. The average Bonchev–Trinajstić information content (AvgIpc) is 2.46. The van der Waals surface area contributed by atoms with Gasteiger partial charge in [-0.25, -0.2) is 0 Å². The van der Waals surface area contributed by atoms with E-state index in [9.17, 15) is 0 Å². The zero-order chi connectivity index (χ0) is 13.7. The maximum Gasteiger partial charge on any atom is 0.123 e. The number of likely N-dealkylation sites (tertiary alicyclic amines) is 1. The van der Waals surface area contributed by atoms with Crippen LogP contribution in [0.4, 0.5) is 0 Å². The molecule has 0 amide bonds. The predicted octanol–water partition coefficient (Wildman–Crippen LogP) is 3.03. The summed E-state index contributed by atoms with van der Waals surface area (Å²) in [6.07, 6.45) is 2.48. The molecule has 0 saturated carbocycles. The maximum atomic E-state index is 5.41. The van der Waals surface area contributed by atoms with Crippen molar-refractivity contribution in [1.29, 1.82) is 0 Å². The van der Waals surface area contributed by atoms with Crippen LogP contribution in [0.5, 0.6) is 5.75 Å². The molecular weight excluding hydrogens is 304 g/mol. The fourth-order valence-electron chi connectivity index (χ4n) is 2.59. The molecule has 0 atom stereocenters. The van der Waals surface area contributed by atoms with E-state index in [1.54, 1.807) is 7.11 Å². The van der Waals surface area contributed by atoms with Gasteiger partial charge in [0, 0.05) is 22.6 Å². The second-order valence-electron chi connectivity index (χ2n) is 5.05. The number of methoxy groups -OCH3 is 1. The normalized spacial score (nSPS) is 17.6. The van der Waals surface area contributed by atoms with E-state index in [4.69, 9.17) is 4.74 Å². The standard InChI is InChI=1S/C15H23BrN2O/c1-3-18-8-6-14(7-9-18)17-11-12-10-13(16)4-5-15(12)19-2/h4-5,10,14,17H,3,6-9,11H2,1-2H3. The highest BCUT2D eigenvalue weighted by molar-refractivity contribution is 9.10. The number of nitrogens with zero attached hydrogens (tertiary/aromatic N) is 1. The van der Waals surface area contributed by atoms with Gasteiger partial charge in [0.15, 0.2) is 0 Å². The first-order valence-corrected chi connectivity index (χ1v) is 7.80. The molecule has 1 heterocycles. The molecule has 1 fully saturated rings. The molecule has 1 aromatic carbocycles. The lowest BCUT2D eigenvalue weighted by molar-refractivity contribution is 0.205. The highest BCUT2D eigenvalue weighted by Gasteiger charge is 2.17. The predicted molar refractivity (Wildman–Crippen MR) is 82.7 cm³/mol. The van der Waals surface area contributed by atoms with Crippen LogP contribution in [0, 0.1) is 0 Å². The molecule has 3 nitrogen and oxygen atoms in total. The number of hydrogen-bond donors (Lipinski definition) is 1. The van der Waals surface area contributed by atoms with Gasteiger partial charge >= 0.3 is 0 Å². The van der Waals surface area contributed by atoms with Gasteiger partial charge in [-0.05, 0) is 50.7 Å². The van der Waals surface area contributed by atoms with Crippen LogP contribution in [0.15, 0.2) is 22.7 Å². The third kappa shape index (κ3) is 4.20. The minimum atomic E-state index is 0.631. The summed E-state index contributed by atoms with van der Waals surface area (Å²) in [4.78, 5) is 2.51. The molecule has 1 N–H and O–H groups in total. The Bertz CT molecular complexity index is 403. The number of halogens is 1. The van der Waals surface area contributed by atoms with E-state index in [1.807, 2.05) is 12.1 Å². The Labute approximate surface area is 124 Å². The minimum Gasteiger partial charge on any atom is -0.496 e. The van der Waals surface area contributed by atoms with Crippen LogP contribution in [0.25, 0.3) is 0 Å². The summed E-state index contributed by atoms with van der Waals surface area (Å²) in [6.45, 7) is 6.71. The number of hydrogen-bond acceptors (Lipinski definition) is 3. The Balaban J connectivity index is 1.87. The van der Waals surface area contributed by atoms with Crippen LogP contribution < -0.4 is 10.1 Å². The van der Waals surface area contributed by atoms with Crippen LogP contribution >= 0.6 is 15.9 Å². The maximum absolute atomic E-state index is 5.41. The second-order valence-corrected chi connectivity index (χ2v) is 5.96. The lowest BCUT2D eigenvalue weighted by Gasteiger charge is -2.31. The highest BCUT2D eigenvalue weighted by atomic mass is 79.9. The molecule has 1 saturated heterocycles. The lowest BCUT2D eigenvalue weighted by atomic mass is 10.0. The number of ether oxygens (including phenoxy) is 1. The molecule has 19 heavy (non-hydrogen) atoms. The van der Waals surface area contributed by atoms with Crippen molar-refractivity contribution in [1.82, 2.24) is 10.2 Å². The van der Waals surface area contributed by atoms with Crippen molar-refractivity contribution in [2.75, 3.05) is 26.7 Å². The quantitative estimate of drug-likeness (QED) is 0.900. The highest BCUT2D eigenvalue weighted by Crippen LogP contribution is 2.23. The van der Waals surface area contributed by atoms with Crippen molar-refractivity contribution in [3.63, 3.8) is 0 Å². The van der Waals surface area contributed by atoms with Gasteiger partial charge < -0.3 is 15.0 Å². The third-order valence-electron chi connectivity index (χ3n) is 3.86.